The van der Waals surface area contributed by atoms with Crippen molar-refractivity contribution in [1.29, 1.82) is 0 Å². The number of carboxylic acid groups (broad SMARTS) is 1. The summed E-state index contributed by atoms with van der Waals surface area (Å²) < 4.78 is 3.50. The summed E-state index contributed by atoms with van der Waals surface area (Å²) in [6.45, 7) is 1.86. The first-order valence-corrected chi connectivity index (χ1v) is 6.57. The van der Waals surface area contributed by atoms with Crippen LogP contribution in [0.4, 0.5) is 0 Å². The Morgan fingerprint density at radius 3 is 2.85 bits per heavy atom. The fourth-order valence-corrected chi connectivity index (χ4v) is 2.34. The van der Waals surface area contributed by atoms with Crippen molar-refractivity contribution in [3.05, 3.63) is 35.3 Å². The molecule has 6 heteroatoms. The van der Waals surface area contributed by atoms with Crippen LogP contribution in [0.25, 0.3) is 11.9 Å². The topological polar surface area (TPSA) is 72.9 Å². The third-order valence-electron chi connectivity index (χ3n) is 3.45. The van der Waals surface area contributed by atoms with Crippen LogP contribution in [0.2, 0.25) is 0 Å². The molecule has 0 radical (unpaired) electrons. The van der Waals surface area contributed by atoms with Gasteiger partial charge in [0.05, 0.1) is 11.4 Å². The quantitative estimate of drug-likeness (QED) is 0.863. The van der Waals surface area contributed by atoms with E-state index in [2.05, 4.69) is 10.2 Å². The van der Waals surface area contributed by atoms with E-state index in [0.29, 0.717) is 5.92 Å². The van der Waals surface area contributed by atoms with Gasteiger partial charge in [-0.1, -0.05) is 0 Å². The second-order valence-corrected chi connectivity index (χ2v) is 5.08. The van der Waals surface area contributed by atoms with Gasteiger partial charge in [-0.15, -0.1) is 0 Å². The van der Waals surface area contributed by atoms with Crippen LogP contribution in [0.1, 0.15) is 35.7 Å². The highest BCUT2D eigenvalue weighted by Gasteiger charge is 2.26. The highest BCUT2D eigenvalue weighted by molar-refractivity contribution is 5.86. The van der Waals surface area contributed by atoms with Gasteiger partial charge in [0.25, 0.3) is 0 Å². The Balaban J connectivity index is 2.04. The molecule has 6 nitrogen and oxygen atoms in total. The molecule has 0 unspecified atom stereocenters. The smallest absolute Gasteiger partial charge is 0.328 e. The molecule has 0 aliphatic heterocycles. The molecule has 2 aromatic heterocycles. The molecule has 0 atom stereocenters. The number of rotatable bonds is 4. The number of aliphatic carboxylic acids is 1. The summed E-state index contributed by atoms with van der Waals surface area (Å²) >= 11 is 0. The maximum Gasteiger partial charge on any atom is 0.328 e. The van der Waals surface area contributed by atoms with Crippen LogP contribution in [0.15, 0.2) is 18.3 Å². The lowest BCUT2D eigenvalue weighted by molar-refractivity contribution is -0.131. The number of aryl methyl sites for hydroxylation is 2. The standard InChI is InChI=1S/C14H16N4O2/c1-9-11(5-6-13(19)20)14(17(2)15-9)18-8-7-12(16-18)10-3-4-10/h5-8,10H,3-4H2,1-2H3,(H,19,20). The number of aromatic nitrogens is 4. The first-order valence-electron chi connectivity index (χ1n) is 6.57. The largest absolute Gasteiger partial charge is 0.478 e. The van der Waals surface area contributed by atoms with E-state index in [1.165, 1.54) is 12.8 Å². The van der Waals surface area contributed by atoms with Crippen LogP contribution in [-0.4, -0.2) is 30.6 Å². The highest BCUT2D eigenvalue weighted by Crippen LogP contribution is 2.39. The molecule has 0 spiro atoms. The molecule has 104 valence electrons. The molecule has 20 heavy (non-hydrogen) atoms. The minimum absolute atomic E-state index is 0.587. The monoisotopic (exact) mass is 272 g/mol. The van der Waals surface area contributed by atoms with Gasteiger partial charge < -0.3 is 5.11 Å². The van der Waals surface area contributed by atoms with Gasteiger partial charge in [-0.05, 0) is 31.9 Å². The van der Waals surface area contributed by atoms with Crippen molar-refractivity contribution in [2.45, 2.75) is 25.7 Å². The third kappa shape index (κ3) is 2.24. The summed E-state index contributed by atoms with van der Waals surface area (Å²) in [5, 5.41) is 17.7. The first kappa shape index (κ1) is 12.7. The lowest BCUT2D eigenvalue weighted by Crippen LogP contribution is -2.05. The predicted octanol–water partition coefficient (Wildman–Crippen LogP) is 1.89. The molecule has 3 rings (SSSR count). The first-order chi connectivity index (χ1) is 9.56. The molecule has 1 saturated carbocycles. The van der Waals surface area contributed by atoms with Gasteiger partial charge in [0.1, 0.15) is 0 Å². The molecule has 0 saturated heterocycles. The number of carbonyl (C=O) groups is 1. The summed E-state index contributed by atoms with van der Waals surface area (Å²) in [6.07, 6.45) is 7.00. The number of nitrogens with zero attached hydrogens (tertiary/aromatic N) is 4. The Morgan fingerprint density at radius 2 is 2.20 bits per heavy atom. The predicted molar refractivity (Wildman–Crippen MR) is 73.7 cm³/mol. The van der Waals surface area contributed by atoms with E-state index in [1.807, 2.05) is 26.2 Å². The number of hydrogen-bond acceptors (Lipinski definition) is 3. The molecular weight excluding hydrogens is 256 g/mol. The van der Waals surface area contributed by atoms with Crippen molar-refractivity contribution in [2.24, 2.45) is 7.05 Å². The fourth-order valence-electron chi connectivity index (χ4n) is 2.34. The summed E-state index contributed by atoms with van der Waals surface area (Å²) in [6, 6.07) is 2.02. The second kappa shape index (κ2) is 4.63. The van der Waals surface area contributed by atoms with E-state index in [0.717, 1.165) is 28.8 Å². The average molecular weight is 272 g/mol. The van der Waals surface area contributed by atoms with E-state index < -0.39 is 5.97 Å². The molecule has 1 N–H and O–H groups in total. The average Bonchev–Trinajstić information content (AvgIpc) is 3.05. The summed E-state index contributed by atoms with van der Waals surface area (Å²) in [4.78, 5) is 10.7. The molecule has 2 aromatic rings. The van der Waals surface area contributed by atoms with Gasteiger partial charge in [0.2, 0.25) is 0 Å². The zero-order chi connectivity index (χ0) is 14.3. The van der Waals surface area contributed by atoms with Crippen molar-refractivity contribution in [1.82, 2.24) is 19.6 Å². The summed E-state index contributed by atoms with van der Waals surface area (Å²) in [5.41, 5.74) is 2.65. The van der Waals surface area contributed by atoms with E-state index in [9.17, 15) is 4.79 Å². The number of hydrogen-bond donors (Lipinski definition) is 1. The van der Waals surface area contributed by atoms with Gasteiger partial charge in [0, 0.05) is 30.8 Å². The summed E-state index contributed by atoms with van der Waals surface area (Å²) in [5.74, 6) is 0.397. The Morgan fingerprint density at radius 1 is 1.45 bits per heavy atom. The lowest BCUT2D eigenvalue weighted by Gasteiger charge is -2.03. The normalized spacial score (nSPS) is 15.1. The zero-order valence-electron chi connectivity index (χ0n) is 11.4. The Kier molecular flexibility index (Phi) is 2.93. The van der Waals surface area contributed by atoms with Gasteiger partial charge in [0.15, 0.2) is 5.82 Å². The van der Waals surface area contributed by atoms with Crippen LogP contribution in [0.3, 0.4) is 0 Å². The minimum Gasteiger partial charge on any atom is -0.478 e. The molecule has 1 fully saturated rings. The van der Waals surface area contributed by atoms with Crippen molar-refractivity contribution in [2.75, 3.05) is 0 Å². The van der Waals surface area contributed by atoms with Gasteiger partial charge in [-0.2, -0.15) is 10.2 Å². The molecule has 2 heterocycles. The highest BCUT2D eigenvalue weighted by atomic mass is 16.4. The molecule has 0 bridgehead atoms. The Hall–Kier alpha value is -2.37. The molecule has 1 aliphatic carbocycles. The third-order valence-corrected chi connectivity index (χ3v) is 3.45. The van der Waals surface area contributed by atoms with Crippen molar-refractivity contribution in [3.63, 3.8) is 0 Å². The van der Waals surface area contributed by atoms with Gasteiger partial charge >= 0.3 is 5.97 Å². The SMILES string of the molecule is Cc1nn(C)c(-n2ccc(C3CC3)n2)c1C=CC(=O)O. The van der Waals surface area contributed by atoms with E-state index in [4.69, 9.17) is 5.11 Å². The Labute approximate surface area is 116 Å². The second-order valence-electron chi connectivity index (χ2n) is 5.08. The number of carboxylic acids is 1. The lowest BCUT2D eigenvalue weighted by atomic mass is 10.2. The van der Waals surface area contributed by atoms with Gasteiger partial charge in [-0.25, -0.2) is 9.48 Å². The fraction of sp³-hybridized carbons (Fsp3) is 0.357. The van der Waals surface area contributed by atoms with E-state index in [1.54, 1.807) is 15.4 Å². The van der Waals surface area contributed by atoms with Crippen LogP contribution in [0, 0.1) is 6.92 Å². The van der Waals surface area contributed by atoms with Crippen molar-refractivity contribution >= 4 is 12.0 Å². The molecular formula is C14H16N4O2. The molecule has 0 aromatic carbocycles. The van der Waals surface area contributed by atoms with E-state index in [-0.39, 0.29) is 0 Å². The van der Waals surface area contributed by atoms with Crippen LogP contribution in [-0.2, 0) is 11.8 Å². The van der Waals surface area contributed by atoms with Crippen molar-refractivity contribution < 1.29 is 9.90 Å². The molecule has 1 aliphatic rings. The Bertz CT molecular complexity index is 692. The van der Waals surface area contributed by atoms with Crippen LogP contribution in [0.5, 0.6) is 0 Å². The van der Waals surface area contributed by atoms with Crippen LogP contribution < -0.4 is 0 Å². The maximum absolute atomic E-state index is 10.7. The minimum atomic E-state index is -0.974. The maximum atomic E-state index is 10.7. The summed E-state index contributed by atoms with van der Waals surface area (Å²) in [7, 11) is 1.83. The van der Waals surface area contributed by atoms with Gasteiger partial charge in [-0.3, -0.25) is 4.68 Å². The van der Waals surface area contributed by atoms with Crippen molar-refractivity contribution in [3.8, 4) is 5.82 Å². The van der Waals surface area contributed by atoms with E-state index >= 15 is 0 Å². The zero-order valence-corrected chi connectivity index (χ0v) is 11.4. The van der Waals surface area contributed by atoms with Crippen LogP contribution >= 0.6 is 0 Å². The molecule has 0 amide bonds.